The Morgan fingerprint density at radius 2 is 1.89 bits per heavy atom. The molecule has 0 aromatic rings. The second-order valence-electron chi connectivity index (χ2n) is 7.72. The number of amides is 2. The lowest BCUT2D eigenvalue weighted by atomic mass is 9.89. The lowest BCUT2D eigenvalue weighted by molar-refractivity contribution is -0.119. The predicted molar refractivity (Wildman–Crippen MR) is 129 cm³/mol. The van der Waals surface area contributed by atoms with Crippen LogP contribution in [0.2, 0.25) is 0 Å². The summed E-state index contributed by atoms with van der Waals surface area (Å²) in [5.74, 6) is -1.42. The van der Waals surface area contributed by atoms with Gasteiger partial charge in [0.05, 0.1) is 12.6 Å². The first kappa shape index (κ1) is 30.2. The van der Waals surface area contributed by atoms with Crippen LogP contribution in [-0.2, 0) is 24.0 Å². The number of guanidine groups is 1. The highest BCUT2D eigenvalue weighted by Gasteiger charge is 2.67. The molecular weight excluding hydrogens is 639 g/mol. The molecule has 8 N–H and O–H groups in total. The number of carbonyl (C=O) groups excluding carboxylic acids is 2. The van der Waals surface area contributed by atoms with E-state index >= 15 is 0 Å². The Hall–Kier alpha value is -0.340. The molecule has 1 unspecified atom stereocenters. The number of alkyl halides is 6. The molecule has 15 nitrogen and oxygen atoms in total. The summed E-state index contributed by atoms with van der Waals surface area (Å²) >= 11 is 33.4. The zero-order valence-electron chi connectivity index (χ0n) is 17.5. The number of ether oxygens (including phenoxy) is 1. The molecule has 3 aliphatic rings. The van der Waals surface area contributed by atoms with Crippen molar-refractivity contribution in [3.63, 3.8) is 0 Å². The Balaban J connectivity index is 1.95. The number of rotatable bonds is 6. The van der Waals surface area contributed by atoms with Gasteiger partial charge < -0.3 is 25.6 Å². The fourth-order valence-electron chi connectivity index (χ4n) is 4.00. The van der Waals surface area contributed by atoms with Crippen molar-refractivity contribution in [3.05, 3.63) is 0 Å². The van der Waals surface area contributed by atoms with Gasteiger partial charge in [-0.1, -0.05) is 69.6 Å². The van der Waals surface area contributed by atoms with Gasteiger partial charge in [0.15, 0.2) is 0 Å². The van der Waals surface area contributed by atoms with E-state index in [1.807, 2.05) is 0 Å². The van der Waals surface area contributed by atoms with E-state index in [9.17, 15) is 28.2 Å². The first-order valence-corrected chi connectivity index (χ1v) is 13.3. The van der Waals surface area contributed by atoms with Crippen molar-refractivity contribution in [1.82, 2.24) is 25.6 Å². The lowest BCUT2D eigenvalue weighted by Gasteiger charge is -2.47. The van der Waals surface area contributed by atoms with Crippen molar-refractivity contribution in [2.24, 2.45) is 10.7 Å². The molecule has 0 aliphatic carbocycles. The first-order valence-electron chi connectivity index (χ1n) is 9.65. The molecule has 0 aromatic carbocycles. The third kappa shape index (κ3) is 6.62. The molecule has 36 heavy (non-hydrogen) atoms. The SMILES string of the molecule is NC(=O)OC[C@@H]1N=C(NC(=O)C(Cl)(Cl)Cl)N2C[C@H](O)[C@H](O)[C@@]23NC(NS(=O)(=O)OCC(Cl)(Cl)Cl)N[C@@H]13. The van der Waals surface area contributed by atoms with Gasteiger partial charge in [-0.05, 0) is 0 Å². The minimum Gasteiger partial charge on any atom is -0.447 e. The van der Waals surface area contributed by atoms with Gasteiger partial charge in [0.25, 0.3) is 9.70 Å². The number of primary amides is 1. The maximum atomic E-state index is 12.4. The number of aliphatic hydroxyl groups is 2. The molecule has 0 radical (unpaired) electrons. The molecule has 1 spiro atoms. The van der Waals surface area contributed by atoms with Crippen LogP contribution in [0.5, 0.6) is 0 Å². The highest BCUT2D eigenvalue weighted by molar-refractivity contribution is 7.84. The Morgan fingerprint density at radius 1 is 1.25 bits per heavy atom. The van der Waals surface area contributed by atoms with Crippen LogP contribution in [-0.4, -0.2) is 105 Å². The number of hydrogen-bond acceptors (Lipinski definition) is 12. The lowest BCUT2D eigenvalue weighted by Crippen LogP contribution is -2.74. The van der Waals surface area contributed by atoms with Crippen LogP contribution >= 0.6 is 69.6 Å². The van der Waals surface area contributed by atoms with E-state index in [2.05, 4.69) is 29.8 Å². The van der Waals surface area contributed by atoms with Crippen LogP contribution in [0.3, 0.4) is 0 Å². The van der Waals surface area contributed by atoms with Crippen molar-refractivity contribution in [2.75, 3.05) is 19.8 Å². The highest BCUT2D eigenvalue weighted by Crippen LogP contribution is 2.39. The number of carbonyl (C=O) groups is 2. The van der Waals surface area contributed by atoms with Gasteiger partial charge in [0.1, 0.15) is 43.4 Å². The van der Waals surface area contributed by atoms with Crippen LogP contribution in [0.15, 0.2) is 4.99 Å². The Bertz CT molecular complexity index is 1030. The fraction of sp³-hybridized carbons (Fsp3) is 0.786. The first-order chi connectivity index (χ1) is 16.4. The van der Waals surface area contributed by atoms with Gasteiger partial charge in [-0.2, -0.15) is 13.1 Å². The molecule has 2 fully saturated rings. The van der Waals surface area contributed by atoms with Crippen molar-refractivity contribution >= 4 is 97.9 Å². The summed E-state index contributed by atoms with van der Waals surface area (Å²) in [4.78, 5) is 29.1. The topological polar surface area (TPSA) is 217 Å². The average molecular weight is 658 g/mol. The second-order valence-corrected chi connectivity index (χ2v) is 13.9. The smallest absolute Gasteiger partial charge is 0.404 e. The molecule has 0 saturated carbocycles. The number of hydrogen-bond donors (Lipinski definition) is 7. The van der Waals surface area contributed by atoms with Crippen molar-refractivity contribution in [3.8, 4) is 0 Å². The maximum Gasteiger partial charge on any atom is 0.404 e. The molecule has 6 atom stereocenters. The zero-order chi connectivity index (χ0) is 27.3. The number of aliphatic imine (C=N–C) groups is 1. The zero-order valence-corrected chi connectivity index (χ0v) is 22.9. The van der Waals surface area contributed by atoms with Crippen LogP contribution in [0.25, 0.3) is 0 Å². The minimum atomic E-state index is -4.56. The van der Waals surface area contributed by atoms with E-state index < -0.39 is 79.3 Å². The van der Waals surface area contributed by atoms with E-state index in [0.29, 0.717) is 0 Å². The van der Waals surface area contributed by atoms with E-state index in [0.717, 1.165) is 0 Å². The number of nitrogens with two attached hydrogens (primary N) is 1. The molecule has 22 heteroatoms. The largest absolute Gasteiger partial charge is 0.447 e. The number of halogens is 6. The van der Waals surface area contributed by atoms with Gasteiger partial charge in [-0.25, -0.2) is 9.79 Å². The minimum absolute atomic E-state index is 0.290. The molecule has 0 aromatic heterocycles. The highest BCUT2D eigenvalue weighted by atomic mass is 35.6. The second kappa shape index (κ2) is 10.7. The molecule has 3 heterocycles. The van der Waals surface area contributed by atoms with Gasteiger partial charge in [0, 0.05) is 0 Å². The van der Waals surface area contributed by atoms with Crippen LogP contribution < -0.4 is 26.4 Å². The van der Waals surface area contributed by atoms with Gasteiger partial charge >= 0.3 is 16.4 Å². The summed E-state index contributed by atoms with van der Waals surface area (Å²) in [6, 6.07) is -2.19. The van der Waals surface area contributed by atoms with Crippen LogP contribution in [0, 0.1) is 0 Å². The molecule has 3 rings (SSSR count). The summed E-state index contributed by atoms with van der Waals surface area (Å²) in [6.07, 6.45) is -5.59. The third-order valence-electron chi connectivity index (χ3n) is 5.28. The Kier molecular flexibility index (Phi) is 8.95. The van der Waals surface area contributed by atoms with Gasteiger partial charge in [0.2, 0.25) is 9.75 Å². The van der Waals surface area contributed by atoms with E-state index in [1.165, 1.54) is 4.90 Å². The van der Waals surface area contributed by atoms with Gasteiger partial charge in [-0.15, -0.1) is 0 Å². The van der Waals surface area contributed by atoms with Crippen molar-refractivity contribution in [2.45, 2.75) is 43.8 Å². The molecule has 3 aliphatic heterocycles. The van der Waals surface area contributed by atoms with Crippen molar-refractivity contribution in [1.29, 1.82) is 0 Å². The van der Waals surface area contributed by atoms with Crippen LogP contribution in [0.4, 0.5) is 4.79 Å². The Labute approximate surface area is 234 Å². The number of nitrogens with zero attached hydrogens (tertiary/aromatic N) is 2. The summed E-state index contributed by atoms with van der Waals surface area (Å²) in [5.41, 5.74) is 3.30. The van der Waals surface area contributed by atoms with Crippen LogP contribution in [0.1, 0.15) is 0 Å². The molecule has 2 amide bonds. The standard InChI is InChI=1S/C14H19Cl6N7O8S/c15-12(16,17)3-35-36(32,33)26-10-23-6-4(2-34-9(21)31)22-11(24-8(30)14(18,19)20)27-1-5(28)7(29)13(6,27)25-10/h4-7,10,23,25-26,28-29H,1-3H2,(H2,21,31)(H,22,24,30)/t4-,5-,6-,7-,10?,13-/m0/s1. The number of aliphatic hydroxyl groups excluding tert-OH is 2. The molecule has 206 valence electrons. The third-order valence-corrected chi connectivity index (χ3v) is 7.07. The average Bonchev–Trinajstić information content (AvgIpc) is 3.21. The van der Waals surface area contributed by atoms with E-state index in [4.69, 9.17) is 80.1 Å². The van der Waals surface area contributed by atoms with E-state index in [-0.39, 0.29) is 12.5 Å². The quantitative estimate of drug-likeness (QED) is 0.157. The molecule has 0 bridgehead atoms. The molecular formula is C14H19Cl6N7O8S. The summed E-state index contributed by atoms with van der Waals surface area (Å²) in [5, 5.41) is 29.3. The summed E-state index contributed by atoms with van der Waals surface area (Å²) < 4.78 is 31.8. The fourth-order valence-corrected chi connectivity index (χ4v) is 5.32. The summed E-state index contributed by atoms with van der Waals surface area (Å²) in [7, 11) is -4.56. The predicted octanol–water partition coefficient (Wildman–Crippen LogP) is -1.89. The Morgan fingerprint density at radius 3 is 2.44 bits per heavy atom. The summed E-state index contributed by atoms with van der Waals surface area (Å²) in [6.45, 7) is -1.63. The van der Waals surface area contributed by atoms with E-state index in [1.54, 1.807) is 0 Å². The normalized spacial score (nSPS) is 32.5. The molecule has 2 saturated heterocycles. The number of nitrogens with one attached hydrogen (secondary N) is 4. The monoisotopic (exact) mass is 655 g/mol. The van der Waals surface area contributed by atoms with Gasteiger partial charge in [-0.3, -0.25) is 24.9 Å². The maximum absolute atomic E-state index is 12.4. The van der Waals surface area contributed by atoms with Crippen molar-refractivity contribution < 1.29 is 37.1 Å².